The number of nitrogens with zero attached hydrogens (tertiary/aromatic N) is 5. The van der Waals surface area contributed by atoms with E-state index in [0.29, 0.717) is 28.1 Å². The number of nitrogens with one attached hydrogen (secondary N) is 2. The Balaban J connectivity index is 1.31. The minimum absolute atomic E-state index is 0.0672. The largest absolute Gasteiger partial charge is 0.496 e. The summed E-state index contributed by atoms with van der Waals surface area (Å²) in [6.45, 7) is 1.61. The molecule has 3 aromatic heterocycles. The molecule has 0 radical (unpaired) electrons. The standard InChI is InChI=1S/C30H26BF4N7O4/c1-29(2)24-21(31(46-29)44-16-30(33,34)35)12-13-23(38-24)39-28-36-14-20(26(41-28)37-22(15-43)17-6-4-3-5-7-17)27-40-25(42-45-27)18-8-10-19(32)11-9-18/h3-14,22,43H,15-16H2,1-2H3,(H2,36,37,38,39,41)/t22-/m1/s1. The van der Waals surface area contributed by atoms with Crippen LogP contribution in [-0.4, -0.2) is 56.7 Å². The molecule has 6 rings (SSSR count). The Morgan fingerprint density at radius 1 is 1.00 bits per heavy atom. The predicted octanol–water partition coefficient (Wildman–Crippen LogP) is 5.16. The highest BCUT2D eigenvalue weighted by Crippen LogP contribution is 2.33. The van der Waals surface area contributed by atoms with E-state index in [4.69, 9.17) is 13.8 Å². The van der Waals surface area contributed by atoms with Gasteiger partial charge in [0.2, 0.25) is 11.8 Å². The first-order valence-electron chi connectivity index (χ1n) is 14.0. The summed E-state index contributed by atoms with van der Waals surface area (Å²) >= 11 is 0. The molecule has 0 saturated heterocycles. The van der Waals surface area contributed by atoms with Crippen molar-refractivity contribution in [2.45, 2.75) is 31.7 Å². The SMILES string of the molecule is CC1(C)OB(OCC(F)(F)F)c2ccc(Nc3ncc(-c4nc(-c5ccc(F)cc5)no4)c(N[C@H](CO)c4ccccc4)n3)nc21. The summed E-state index contributed by atoms with van der Waals surface area (Å²) in [5, 5.41) is 20.5. The molecule has 3 N–H and O–H groups in total. The Bertz CT molecular complexity index is 1820. The topological polar surface area (TPSA) is 140 Å². The zero-order valence-electron chi connectivity index (χ0n) is 24.4. The number of aliphatic hydroxyl groups is 1. The minimum atomic E-state index is -4.51. The molecule has 236 valence electrons. The molecule has 0 unspecified atom stereocenters. The highest BCUT2D eigenvalue weighted by Gasteiger charge is 2.46. The third kappa shape index (κ3) is 6.83. The first kappa shape index (κ1) is 31.1. The van der Waals surface area contributed by atoms with Crippen molar-refractivity contribution < 1.29 is 36.5 Å². The fourth-order valence-electron chi connectivity index (χ4n) is 4.85. The van der Waals surface area contributed by atoms with Crippen molar-refractivity contribution >= 4 is 30.2 Å². The summed E-state index contributed by atoms with van der Waals surface area (Å²) in [4.78, 5) is 18.0. The van der Waals surface area contributed by atoms with Gasteiger partial charge in [0.15, 0.2) is 0 Å². The number of hydrogen-bond donors (Lipinski definition) is 3. The molecule has 1 aliphatic heterocycles. The summed E-state index contributed by atoms with van der Waals surface area (Å²) in [7, 11) is -1.23. The number of hydrogen-bond acceptors (Lipinski definition) is 11. The third-order valence-corrected chi connectivity index (χ3v) is 7.03. The van der Waals surface area contributed by atoms with Crippen molar-refractivity contribution in [2.75, 3.05) is 23.8 Å². The summed E-state index contributed by atoms with van der Waals surface area (Å²) in [5.41, 5.74) is 1.37. The number of alkyl halides is 3. The van der Waals surface area contributed by atoms with Crippen molar-refractivity contribution in [3.63, 3.8) is 0 Å². The Labute approximate surface area is 260 Å². The van der Waals surface area contributed by atoms with Crippen LogP contribution in [-0.2, 0) is 14.9 Å². The van der Waals surface area contributed by atoms with Crippen molar-refractivity contribution in [2.24, 2.45) is 0 Å². The molecule has 1 aliphatic rings. The van der Waals surface area contributed by atoms with Gasteiger partial charge >= 0.3 is 13.3 Å². The molecule has 0 amide bonds. The van der Waals surface area contributed by atoms with Gasteiger partial charge in [-0.2, -0.15) is 23.1 Å². The molecule has 0 bridgehead atoms. The number of benzene rings is 2. The number of pyridine rings is 1. The van der Waals surface area contributed by atoms with Crippen LogP contribution in [0.5, 0.6) is 0 Å². The normalized spacial score (nSPS) is 14.6. The molecule has 0 aliphatic carbocycles. The van der Waals surface area contributed by atoms with Crippen LogP contribution >= 0.6 is 0 Å². The molecular weight excluding hydrogens is 609 g/mol. The van der Waals surface area contributed by atoms with Crippen LogP contribution in [0.4, 0.5) is 35.1 Å². The number of aromatic nitrogens is 5. The summed E-state index contributed by atoms with van der Waals surface area (Å²) in [6, 6.07) is 17.4. The van der Waals surface area contributed by atoms with Gasteiger partial charge in [-0.25, -0.2) is 14.4 Å². The first-order chi connectivity index (χ1) is 22.0. The second-order valence-electron chi connectivity index (χ2n) is 10.8. The van der Waals surface area contributed by atoms with Gasteiger partial charge in [0.05, 0.1) is 23.9 Å². The summed E-state index contributed by atoms with van der Waals surface area (Å²) < 4.78 is 68.0. The highest BCUT2D eigenvalue weighted by atomic mass is 19.4. The molecule has 46 heavy (non-hydrogen) atoms. The third-order valence-electron chi connectivity index (χ3n) is 7.03. The Kier molecular flexibility index (Phi) is 8.42. The smallest absolute Gasteiger partial charge is 0.398 e. The van der Waals surface area contributed by atoms with Gasteiger partial charge < -0.3 is 29.6 Å². The van der Waals surface area contributed by atoms with E-state index in [1.165, 1.54) is 30.5 Å². The van der Waals surface area contributed by atoms with E-state index in [0.717, 1.165) is 5.56 Å². The lowest BCUT2D eigenvalue weighted by Gasteiger charge is -2.20. The van der Waals surface area contributed by atoms with Crippen LogP contribution in [0.2, 0.25) is 0 Å². The Morgan fingerprint density at radius 2 is 1.76 bits per heavy atom. The van der Waals surface area contributed by atoms with E-state index in [-0.39, 0.29) is 30.1 Å². The second kappa shape index (κ2) is 12.5. The van der Waals surface area contributed by atoms with Crippen LogP contribution in [0.1, 0.15) is 31.1 Å². The van der Waals surface area contributed by atoms with Gasteiger partial charge in [0.25, 0.3) is 5.89 Å². The zero-order valence-corrected chi connectivity index (χ0v) is 24.4. The molecule has 0 fully saturated rings. The van der Waals surface area contributed by atoms with E-state index in [1.54, 1.807) is 26.0 Å². The molecule has 2 aromatic carbocycles. The van der Waals surface area contributed by atoms with Gasteiger partial charge in [-0.05, 0) is 49.7 Å². The predicted molar refractivity (Wildman–Crippen MR) is 160 cm³/mol. The Hall–Kier alpha value is -4.93. The molecular formula is C30H26BF4N7O4. The van der Waals surface area contributed by atoms with Crippen LogP contribution in [0.3, 0.4) is 0 Å². The van der Waals surface area contributed by atoms with Crippen LogP contribution in [0.15, 0.2) is 77.4 Å². The second-order valence-corrected chi connectivity index (χ2v) is 10.8. The number of fused-ring (bicyclic) bond motifs is 1. The minimum Gasteiger partial charge on any atom is -0.398 e. The van der Waals surface area contributed by atoms with Gasteiger partial charge in [-0.1, -0.05) is 41.6 Å². The summed E-state index contributed by atoms with van der Waals surface area (Å²) in [5.74, 6) is 0.509. The zero-order chi connectivity index (χ0) is 32.5. The van der Waals surface area contributed by atoms with Gasteiger partial charge in [0, 0.05) is 17.2 Å². The molecule has 5 aromatic rings. The molecule has 0 saturated carbocycles. The molecule has 4 heterocycles. The first-order valence-corrected chi connectivity index (χ1v) is 14.0. The highest BCUT2D eigenvalue weighted by molar-refractivity contribution is 6.63. The monoisotopic (exact) mass is 635 g/mol. The van der Waals surface area contributed by atoms with Crippen LogP contribution in [0, 0.1) is 5.82 Å². The number of aliphatic hydroxyl groups excluding tert-OH is 1. The number of halogens is 4. The maximum Gasteiger partial charge on any atom is 0.496 e. The van der Waals surface area contributed by atoms with E-state index >= 15 is 0 Å². The molecule has 0 spiro atoms. The van der Waals surface area contributed by atoms with Crippen LogP contribution < -0.4 is 16.1 Å². The lowest BCUT2D eigenvalue weighted by Crippen LogP contribution is -2.36. The Morgan fingerprint density at radius 3 is 2.48 bits per heavy atom. The lowest BCUT2D eigenvalue weighted by atomic mass is 9.80. The van der Waals surface area contributed by atoms with E-state index in [1.807, 2.05) is 30.3 Å². The van der Waals surface area contributed by atoms with E-state index < -0.39 is 37.4 Å². The van der Waals surface area contributed by atoms with Crippen LogP contribution in [0.25, 0.3) is 22.8 Å². The van der Waals surface area contributed by atoms with Gasteiger partial charge in [0.1, 0.15) is 29.6 Å². The van der Waals surface area contributed by atoms with E-state index in [2.05, 4.69) is 35.7 Å². The quantitative estimate of drug-likeness (QED) is 0.139. The molecule has 11 nitrogen and oxygen atoms in total. The fraction of sp³-hybridized carbons (Fsp3) is 0.233. The molecule has 1 atom stereocenters. The average molecular weight is 635 g/mol. The van der Waals surface area contributed by atoms with Gasteiger partial charge in [-0.3, -0.25) is 0 Å². The van der Waals surface area contributed by atoms with Crippen molar-refractivity contribution in [1.29, 1.82) is 0 Å². The van der Waals surface area contributed by atoms with E-state index in [9.17, 15) is 22.7 Å². The van der Waals surface area contributed by atoms with Gasteiger partial charge in [-0.15, -0.1) is 0 Å². The van der Waals surface area contributed by atoms with Crippen molar-refractivity contribution in [3.05, 3.63) is 90.0 Å². The maximum atomic E-state index is 13.4. The number of anilines is 3. The number of rotatable bonds is 10. The maximum absolute atomic E-state index is 13.4. The fourth-order valence-corrected chi connectivity index (χ4v) is 4.85. The molecule has 16 heteroatoms. The van der Waals surface area contributed by atoms with Crippen molar-refractivity contribution in [1.82, 2.24) is 25.1 Å². The van der Waals surface area contributed by atoms with Crippen molar-refractivity contribution in [3.8, 4) is 22.8 Å². The summed E-state index contributed by atoms with van der Waals surface area (Å²) in [6.07, 6.45) is -3.07. The lowest BCUT2D eigenvalue weighted by molar-refractivity contribution is -0.157. The average Bonchev–Trinajstić information content (AvgIpc) is 3.62.